The van der Waals surface area contributed by atoms with Gasteiger partial charge in [-0.1, -0.05) is 12.1 Å². The first-order valence-corrected chi connectivity index (χ1v) is 7.44. The number of nitrogens with one attached hydrogen (secondary N) is 1. The van der Waals surface area contributed by atoms with Gasteiger partial charge >= 0.3 is 0 Å². The molecule has 4 nitrogen and oxygen atoms in total. The highest BCUT2D eigenvalue weighted by atomic mass is 79.9. The molecule has 0 aliphatic rings. The van der Waals surface area contributed by atoms with Crippen LogP contribution in [0.15, 0.2) is 40.2 Å². The van der Waals surface area contributed by atoms with Crippen molar-refractivity contribution in [1.29, 1.82) is 0 Å². The molecular weight excluding hydrogens is 328 g/mol. The first-order chi connectivity index (χ1) is 9.06. The standard InChI is InChI=1S/C13H13BrN2O2S/c1-9(13-6-11(14)8-19-13)15-7-10-3-2-4-12(5-10)16(17)18/h2-6,8-9,15H,7H2,1H3. The van der Waals surface area contributed by atoms with Gasteiger partial charge in [0.15, 0.2) is 0 Å². The fraction of sp³-hybridized carbons (Fsp3) is 0.231. The molecule has 1 N–H and O–H groups in total. The minimum atomic E-state index is -0.372. The Kier molecular flexibility index (Phi) is 4.68. The average molecular weight is 341 g/mol. The number of hydrogen-bond acceptors (Lipinski definition) is 4. The van der Waals surface area contributed by atoms with Crippen LogP contribution in [-0.2, 0) is 6.54 Å². The van der Waals surface area contributed by atoms with E-state index in [0.717, 1.165) is 10.0 Å². The van der Waals surface area contributed by atoms with E-state index < -0.39 is 0 Å². The maximum atomic E-state index is 10.7. The van der Waals surface area contributed by atoms with E-state index in [1.807, 2.05) is 11.4 Å². The maximum absolute atomic E-state index is 10.7. The summed E-state index contributed by atoms with van der Waals surface area (Å²) in [6.07, 6.45) is 0. The lowest BCUT2D eigenvalue weighted by atomic mass is 10.2. The zero-order valence-electron chi connectivity index (χ0n) is 10.3. The predicted octanol–water partition coefficient (Wildman–Crippen LogP) is 4.27. The molecule has 0 fully saturated rings. The number of benzene rings is 1. The topological polar surface area (TPSA) is 55.2 Å². The molecule has 0 aliphatic carbocycles. The first-order valence-electron chi connectivity index (χ1n) is 5.77. The summed E-state index contributed by atoms with van der Waals surface area (Å²) in [5, 5.41) is 16.1. The molecular formula is C13H13BrN2O2S. The van der Waals surface area contributed by atoms with Crippen LogP contribution in [0.5, 0.6) is 0 Å². The van der Waals surface area contributed by atoms with Gasteiger partial charge in [-0.25, -0.2) is 0 Å². The Labute approximate surface area is 123 Å². The number of rotatable bonds is 5. The largest absolute Gasteiger partial charge is 0.305 e. The van der Waals surface area contributed by atoms with E-state index in [-0.39, 0.29) is 16.7 Å². The second kappa shape index (κ2) is 6.27. The molecule has 1 unspecified atom stereocenters. The van der Waals surface area contributed by atoms with Gasteiger partial charge in [0, 0.05) is 39.4 Å². The SMILES string of the molecule is CC(NCc1cccc([N+](=O)[O-])c1)c1cc(Br)cs1. The number of hydrogen-bond donors (Lipinski definition) is 1. The molecule has 2 rings (SSSR count). The molecule has 6 heteroatoms. The van der Waals surface area contributed by atoms with Crippen LogP contribution in [0.2, 0.25) is 0 Å². The average Bonchev–Trinajstić information content (AvgIpc) is 2.83. The van der Waals surface area contributed by atoms with Crippen molar-refractivity contribution in [3.63, 3.8) is 0 Å². The van der Waals surface area contributed by atoms with E-state index in [4.69, 9.17) is 0 Å². The van der Waals surface area contributed by atoms with Crippen molar-refractivity contribution < 1.29 is 4.92 Å². The zero-order valence-corrected chi connectivity index (χ0v) is 12.7. The fourth-order valence-electron chi connectivity index (χ4n) is 1.71. The summed E-state index contributed by atoms with van der Waals surface area (Å²) in [4.78, 5) is 11.6. The van der Waals surface area contributed by atoms with Gasteiger partial charge in [-0.3, -0.25) is 10.1 Å². The summed E-state index contributed by atoms with van der Waals surface area (Å²) in [5.74, 6) is 0. The molecule has 2 aromatic rings. The number of non-ortho nitro benzene ring substituents is 1. The second-order valence-corrected chi connectivity index (χ2v) is 6.06. The molecule has 0 bridgehead atoms. The minimum Gasteiger partial charge on any atom is -0.305 e. The normalized spacial score (nSPS) is 12.3. The molecule has 0 spiro atoms. The Morgan fingerprint density at radius 3 is 2.89 bits per heavy atom. The Balaban J connectivity index is 1.98. The monoisotopic (exact) mass is 340 g/mol. The highest BCUT2D eigenvalue weighted by molar-refractivity contribution is 9.10. The molecule has 100 valence electrons. The van der Waals surface area contributed by atoms with Crippen LogP contribution >= 0.6 is 27.3 Å². The van der Waals surface area contributed by atoms with Gasteiger partial charge in [0.25, 0.3) is 5.69 Å². The van der Waals surface area contributed by atoms with E-state index in [1.165, 1.54) is 10.9 Å². The van der Waals surface area contributed by atoms with Gasteiger partial charge in [-0.2, -0.15) is 0 Å². The van der Waals surface area contributed by atoms with Gasteiger partial charge in [0.1, 0.15) is 0 Å². The second-order valence-electron chi connectivity index (χ2n) is 4.20. The van der Waals surface area contributed by atoms with Crippen LogP contribution in [-0.4, -0.2) is 4.92 Å². The third kappa shape index (κ3) is 3.86. The fourth-order valence-corrected chi connectivity index (χ4v) is 3.18. The molecule has 1 heterocycles. The number of nitrogens with zero attached hydrogens (tertiary/aromatic N) is 1. The third-order valence-corrected chi connectivity index (χ3v) is 4.62. The lowest BCUT2D eigenvalue weighted by molar-refractivity contribution is -0.384. The highest BCUT2D eigenvalue weighted by Crippen LogP contribution is 2.25. The summed E-state index contributed by atoms with van der Waals surface area (Å²) in [7, 11) is 0. The van der Waals surface area contributed by atoms with E-state index in [2.05, 4.69) is 34.2 Å². The highest BCUT2D eigenvalue weighted by Gasteiger charge is 2.09. The molecule has 19 heavy (non-hydrogen) atoms. The number of halogens is 1. The van der Waals surface area contributed by atoms with Gasteiger partial charge in [-0.15, -0.1) is 11.3 Å². The predicted molar refractivity (Wildman–Crippen MR) is 80.4 cm³/mol. The lowest BCUT2D eigenvalue weighted by Crippen LogP contribution is -2.17. The summed E-state index contributed by atoms with van der Waals surface area (Å²) in [6, 6.07) is 9.00. The van der Waals surface area contributed by atoms with Gasteiger partial charge in [-0.05, 0) is 34.5 Å². The number of nitro benzene ring substituents is 1. The number of nitro groups is 1. The van der Waals surface area contributed by atoms with Gasteiger partial charge < -0.3 is 5.32 Å². The quantitative estimate of drug-likeness (QED) is 0.653. The van der Waals surface area contributed by atoms with Crippen molar-refractivity contribution in [2.24, 2.45) is 0 Å². The molecule has 1 aromatic carbocycles. The molecule has 0 aliphatic heterocycles. The zero-order chi connectivity index (χ0) is 13.8. The first kappa shape index (κ1) is 14.2. The van der Waals surface area contributed by atoms with Crippen molar-refractivity contribution >= 4 is 33.0 Å². The Hall–Kier alpha value is -1.24. The van der Waals surface area contributed by atoms with Crippen molar-refractivity contribution in [2.75, 3.05) is 0 Å². The molecule has 1 atom stereocenters. The van der Waals surface area contributed by atoms with Crippen molar-refractivity contribution in [1.82, 2.24) is 5.32 Å². The smallest absolute Gasteiger partial charge is 0.269 e. The van der Waals surface area contributed by atoms with Crippen LogP contribution in [0.4, 0.5) is 5.69 Å². The van der Waals surface area contributed by atoms with Crippen molar-refractivity contribution in [3.05, 3.63) is 60.7 Å². The lowest BCUT2D eigenvalue weighted by Gasteiger charge is -2.11. The summed E-state index contributed by atoms with van der Waals surface area (Å²) < 4.78 is 1.08. The van der Waals surface area contributed by atoms with Crippen LogP contribution in [0, 0.1) is 10.1 Å². The van der Waals surface area contributed by atoms with Gasteiger partial charge in [0.2, 0.25) is 0 Å². The summed E-state index contributed by atoms with van der Waals surface area (Å²) in [6.45, 7) is 2.69. The molecule has 0 amide bonds. The molecule has 0 saturated carbocycles. The van der Waals surface area contributed by atoms with Crippen molar-refractivity contribution in [3.8, 4) is 0 Å². The van der Waals surface area contributed by atoms with E-state index >= 15 is 0 Å². The van der Waals surface area contributed by atoms with Crippen LogP contribution < -0.4 is 5.32 Å². The summed E-state index contributed by atoms with van der Waals surface area (Å²) in [5.41, 5.74) is 1.04. The molecule has 0 saturated heterocycles. The Morgan fingerprint density at radius 1 is 1.47 bits per heavy atom. The minimum absolute atomic E-state index is 0.130. The molecule has 1 aromatic heterocycles. The Bertz CT molecular complexity index is 586. The van der Waals surface area contributed by atoms with E-state index in [1.54, 1.807) is 23.5 Å². The summed E-state index contributed by atoms with van der Waals surface area (Å²) >= 11 is 5.11. The van der Waals surface area contributed by atoms with E-state index in [9.17, 15) is 10.1 Å². The van der Waals surface area contributed by atoms with Crippen molar-refractivity contribution in [2.45, 2.75) is 19.5 Å². The number of thiophene rings is 1. The Morgan fingerprint density at radius 2 is 2.26 bits per heavy atom. The van der Waals surface area contributed by atoms with Crippen LogP contribution in [0.3, 0.4) is 0 Å². The molecule has 0 radical (unpaired) electrons. The van der Waals surface area contributed by atoms with Gasteiger partial charge in [0.05, 0.1) is 4.92 Å². The third-order valence-electron chi connectivity index (χ3n) is 2.75. The van der Waals surface area contributed by atoms with E-state index in [0.29, 0.717) is 6.54 Å². The van der Waals surface area contributed by atoms with Crippen LogP contribution in [0.25, 0.3) is 0 Å². The maximum Gasteiger partial charge on any atom is 0.269 e. The van der Waals surface area contributed by atoms with Crippen LogP contribution in [0.1, 0.15) is 23.4 Å².